The minimum Gasteiger partial charge on any atom is -0.339 e. The number of nitrogens with zero attached hydrogens (tertiary/aromatic N) is 5. The third kappa shape index (κ3) is 4.61. The minimum absolute atomic E-state index is 0.0845. The molecule has 5 rings (SSSR count). The molecule has 7 nitrogen and oxygen atoms in total. The lowest BCUT2D eigenvalue weighted by Gasteiger charge is -2.21. The number of anilines is 2. The highest BCUT2D eigenvalue weighted by atomic mass is 16.2. The average molecular weight is 427 g/mol. The number of benzene rings is 1. The first-order chi connectivity index (χ1) is 15.7. The first-order valence-corrected chi connectivity index (χ1v) is 11.1. The number of rotatable bonds is 5. The molecule has 1 atom stereocenters. The summed E-state index contributed by atoms with van der Waals surface area (Å²) in [6.07, 6.45) is 11.5. The van der Waals surface area contributed by atoms with E-state index >= 15 is 0 Å². The zero-order valence-electron chi connectivity index (χ0n) is 17.9. The molecule has 0 saturated carbocycles. The van der Waals surface area contributed by atoms with Gasteiger partial charge in [0.2, 0.25) is 5.95 Å². The molecule has 1 aromatic carbocycles. The summed E-state index contributed by atoms with van der Waals surface area (Å²) in [5.41, 5.74) is 3.91. The molecule has 7 heteroatoms. The number of likely N-dealkylation sites (tertiary alicyclic amines) is 1. The summed E-state index contributed by atoms with van der Waals surface area (Å²) in [6, 6.07) is 15.7. The van der Waals surface area contributed by atoms with Gasteiger partial charge in [0, 0.05) is 49.1 Å². The second-order valence-electron chi connectivity index (χ2n) is 8.31. The van der Waals surface area contributed by atoms with Crippen molar-refractivity contribution in [3.05, 3.63) is 84.4 Å². The van der Waals surface area contributed by atoms with Crippen molar-refractivity contribution in [2.45, 2.75) is 25.7 Å². The molecule has 1 fully saturated rings. The van der Waals surface area contributed by atoms with Crippen LogP contribution < -0.4 is 5.32 Å². The zero-order chi connectivity index (χ0) is 21.8. The van der Waals surface area contributed by atoms with Crippen LogP contribution in [-0.4, -0.2) is 43.5 Å². The molecule has 1 N–H and O–H groups in total. The molecule has 1 aliphatic rings. The van der Waals surface area contributed by atoms with Gasteiger partial charge >= 0.3 is 0 Å². The topological polar surface area (TPSA) is 75.4 Å². The van der Waals surface area contributed by atoms with Gasteiger partial charge in [-0.1, -0.05) is 12.1 Å². The number of carbonyl (C=O) groups is 1. The zero-order valence-corrected chi connectivity index (χ0v) is 17.9. The Morgan fingerprint density at radius 2 is 1.91 bits per heavy atom. The predicted molar refractivity (Wildman–Crippen MR) is 124 cm³/mol. The number of hydrogen-bond donors (Lipinski definition) is 1. The fraction of sp³-hybridized carbons (Fsp3) is 0.280. The monoisotopic (exact) mass is 426 g/mol. The van der Waals surface area contributed by atoms with Gasteiger partial charge in [0.05, 0.1) is 5.52 Å². The summed E-state index contributed by atoms with van der Waals surface area (Å²) < 4.78 is 1.93. The molecule has 4 aromatic rings. The van der Waals surface area contributed by atoms with Gasteiger partial charge in [0.25, 0.3) is 5.91 Å². The Bertz CT molecular complexity index is 1210. The van der Waals surface area contributed by atoms with Crippen LogP contribution in [0.5, 0.6) is 0 Å². The van der Waals surface area contributed by atoms with Gasteiger partial charge in [-0.15, -0.1) is 0 Å². The summed E-state index contributed by atoms with van der Waals surface area (Å²) in [4.78, 5) is 23.6. The number of hydrogen-bond acceptors (Lipinski definition) is 5. The van der Waals surface area contributed by atoms with E-state index in [1.807, 2.05) is 45.9 Å². The van der Waals surface area contributed by atoms with E-state index < -0.39 is 0 Å². The Balaban J connectivity index is 1.22. The summed E-state index contributed by atoms with van der Waals surface area (Å²) in [6.45, 7) is 1.58. The minimum atomic E-state index is 0.0845. The molecule has 1 aliphatic heterocycles. The van der Waals surface area contributed by atoms with Gasteiger partial charge in [0.1, 0.15) is 0 Å². The van der Waals surface area contributed by atoms with Gasteiger partial charge < -0.3 is 10.2 Å². The SMILES string of the molecule is O=C(c1cccc(Nc2ncccn2)c1)N1CCC[C@@H](Cc2ccc3ccnn3c2)CC1. The van der Waals surface area contributed by atoms with Crippen molar-refractivity contribution in [1.29, 1.82) is 0 Å². The second-order valence-corrected chi connectivity index (χ2v) is 8.31. The highest BCUT2D eigenvalue weighted by Gasteiger charge is 2.22. The third-order valence-electron chi connectivity index (χ3n) is 6.05. The van der Waals surface area contributed by atoms with Gasteiger partial charge in [0.15, 0.2) is 0 Å². The summed E-state index contributed by atoms with van der Waals surface area (Å²) in [7, 11) is 0. The quantitative estimate of drug-likeness (QED) is 0.513. The van der Waals surface area contributed by atoms with Crippen LogP contribution in [0.4, 0.5) is 11.6 Å². The molecule has 0 aliphatic carbocycles. The maximum atomic E-state index is 13.2. The van der Waals surface area contributed by atoms with E-state index in [0.717, 1.165) is 50.0 Å². The van der Waals surface area contributed by atoms with Crippen molar-refractivity contribution >= 4 is 23.1 Å². The molecule has 4 heterocycles. The number of amides is 1. The Kier molecular flexibility index (Phi) is 5.79. The molecule has 1 saturated heterocycles. The van der Waals surface area contributed by atoms with Crippen molar-refractivity contribution in [2.24, 2.45) is 5.92 Å². The second kappa shape index (κ2) is 9.18. The molecule has 1 amide bonds. The van der Waals surface area contributed by atoms with E-state index in [-0.39, 0.29) is 5.91 Å². The Morgan fingerprint density at radius 1 is 1.00 bits per heavy atom. The van der Waals surface area contributed by atoms with Crippen LogP contribution in [0.3, 0.4) is 0 Å². The summed E-state index contributed by atoms with van der Waals surface area (Å²) >= 11 is 0. The number of nitrogens with one attached hydrogen (secondary N) is 1. The standard InChI is InChI=1S/C25H26N6O/c32-24(21-5-1-6-22(17-21)29-25-26-11-3-12-27-25)30-14-2-4-19(10-15-30)16-20-7-8-23-9-13-28-31(23)18-20/h1,3,5-9,11-13,17-19H,2,4,10,14-16H2,(H,26,27,29)/t19-/m1/s1. The smallest absolute Gasteiger partial charge is 0.253 e. The molecule has 0 bridgehead atoms. The Labute approximate surface area is 187 Å². The molecule has 32 heavy (non-hydrogen) atoms. The van der Waals surface area contributed by atoms with E-state index in [0.29, 0.717) is 17.4 Å². The van der Waals surface area contributed by atoms with Crippen molar-refractivity contribution in [2.75, 3.05) is 18.4 Å². The normalized spacial score (nSPS) is 16.6. The maximum Gasteiger partial charge on any atom is 0.253 e. The van der Waals surface area contributed by atoms with E-state index in [1.54, 1.807) is 18.5 Å². The summed E-state index contributed by atoms with van der Waals surface area (Å²) in [5, 5.41) is 7.50. The molecular formula is C25H26N6O. The molecule has 3 aromatic heterocycles. The van der Waals surface area contributed by atoms with Crippen molar-refractivity contribution in [3.8, 4) is 0 Å². The van der Waals surface area contributed by atoms with E-state index in [2.05, 4.69) is 38.7 Å². The van der Waals surface area contributed by atoms with Crippen LogP contribution in [-0.2, 0) is 6.42 Å². The van der Waals surface area contributed by atoms with Crippen molar-refractivity contribution in [1.82, 2.24) is 24.5 Å². The van der Waals surface area contributed by atoms with E-state index in [9.17, 15) is 4.79 Å². The lowest BCUT2D eigenvalue weighted by Crippen LogP contribution is -2.32. The largest absolute Gasteiger partial charge is 0.339 e. The van der Waals surface area contributed by atoms with Gasteiger partial charge in [-0.2, -0.15) is 5.10 Å². The number of carbonyl (C=O) groups excluding carboxylic acids is 1. The first-order valence-electron chi connectivity index (χ1n) is 11.1. The van der Waals surface area contributed by atoms with Crippen molar-refractivity contribution in [3.63, 3.8) is 0 Å². The molecular weight excluding hydrogens is 400 g/mol. The van der Waals surface area contributed by atoms with E-state index in [4.69, 9.17) is 0 Å². The van der Waals surface area contributed by atoms with Crippen LogP contribution in [0.1, 0.15) is 35.2 Å². The third-order valence-corrected chi connectivity index (χ3v) is 6.05. The van der Waals surface area contributed by atoms with Gasteiger partial charge in [-0.3, -0.25) is 4.79 Å². The Hall–Kier alpha value is -3.74. The van der Waals surface area contributed by atoms with Crippen LogP contribution in [0.15, 0.2) is 73.3 Å². The highest BCUT2D eigenvalue weighted by molar-refractivity contribution is 5.95. The fourth-order valence-corrected chi connectivity index (χ4v) is 4.39. The van der Waals surface area contributed by atoms with Crippen LogP contribution >= 0.6 is 0 Å². The van der Waals surface area contributed by atoms with Crippen LogP contribution in [0.25, 0.3) is 5.52 Å². The molecule has 0 spiro atoms. The lowest BCUT2D eigenvalue weighted by molar-refractivity contribution is 0.0760. The van der Waals surface area contributed by atoms with Gasteiger partial charge in [-0.25, -0.2) is 14.5 Å². The average Bonchev–Trinajstić information content (AvgIpc) is 3.17. The molecule has 0 radical (unpaired) electrons. The fourth-order valence-electron chi connectivity index (χ4n) is 4.39. The molecule has 162 valence electrons. The predicted octanol–water partition coefficient (Wildman–Crippen LogP) is 4.35. The van der Waals surface area contributed by atoms with Crippen LogP contribution in [0.2, 0.25) is 0 Å². The number of pyridine rings is 1. The molecule has 0 unspecified atom stereocenters. The number of aromatic nitrogens is 4. The summed E-state index contributed by atoms with van der Waals surface area (Å²) in [5.74, 6) is 1.17. The Morgan fingerprint density at radius 3 is 2.81 bits per heavy atom. The lowest BCUT2D eigenvalue weighted by atomic mass is 9.93. The highest BCUT2D eigenvalue weighted by Crippen LogP contribution is 2.24. The number of fused-ring (bicyclic) bond motifs is 1. The van der Waals surface area contributed by atoms with Crippen LogP contribution in [0, 0.1) is 5.92 Å². The van der Waals surface area contributed by atoms with Crippen molar-refractivity contribution < 1.29 is 4.79 Å². The first kappa shape index (κ1) is 20.2. The maximum absolute atomic E-state index is 13.2. The van der Waals surface area contributed by atoms with E-state index in [1.165, 1.54) is 5.56 Å². The van der Waals surface area contributed by atoms with Gasteiger partial charge in [-0.05, 0) is 73.6 Å².